The first kappa shape index (κ1) is 11.0. The van der Waals surface area contributed by atoms with E-state index >= 15 is 0 Å². The molecule has 0 aliphatic carbocycles. The quantitative estimate of drug-likeness (QED) is 0.469. The van der Waals surface area contributed by atoms with E-state index in [-0.39, 0.29) is 12.2 Å². The highest BCUT2D eigenvalue weighted by molar-refractivity contribution is 6.19. The van der Waals surface area contributed by atoms with Crippen molar-refractivity contribution in [3.8, 4) is 0 Å². The minimum atomic E-state index is -1.10. The molecule has 0 spiro atoms. The van der Waals surface area contributed by atoms with Crippen LogP contribution in [-0.2, 0) is 4.79 Å². The number of imide groups is 1. The Balaban J connectivity index is 2.41. The minimum absolute atomic E-state index is 0.0342. The summed E-state index contributed by atoms with van der Waals surface area (Å²) in [4.78, 5) is 32.8. The highest BCUT2D eigenvalue weighted by Crippen LogP contribution is 2.24. The average molecular weight is 239 g/mol. The van der Waals surface area contributed by atoms with Crippen molar-refractivity contribution < 1.29 is 18.9 Å². The van der Waals surface area contributed by atoms with Crippen molar-refractivity contribution in [2.45, 2.75) is 0 Å². The number of hydrogen-bond donors (Lipinski definition) is 1. The van der Waals surface area contributed by atoms with Gasteiger partial charge in [-0.15, -0.1) is 0 Å². The Morgan fingerprint density at radius 2 is 2.12 bits per heavy atom. The second-order valence-corrected chi connectivity index (χ2v) is 3.28. The molecule has 1 fully saturated rings. The largest absolute Gasteiger partial charge is 0.329 e. The monoisotopic (exact) mass is 239 g/mol. The van der Waals surface area contributed by atoms with Crippen LogP contribution in [0.15, 0.2) is 18.2 Å². The summed E-state index contributed by atoms with van der Waals surface area (Å²) in [6.45, 7) is -0.169. The molecule has 1 saturated heterocycles. The molecular weight excluding hydrogens is 233 g/mol. The molecule has 0 aromatic heterocycles. The molecule has 0 saturated carbocycles. The third kappa shape index (κ3) is 1.80. The Labute approximate surface area is 94.0 Å². The van der Waals surface area contributed by atoms with Gasteiger partial charge in [-0.2, -0.15) is 4.39 Å². The number of amides is 3. The molecule has 88 valence electrons. The van der Waals surface area contributed by atoms with E-state index in [1.165, 1.54) is 0 Å². The van der Waals surface area contributed by atoms with Crippen molar-refractivity contribution in [1.29, 1.82) is 0 Å². The third-order valence-corrected chi connectivity index (χ3v) is 2.23. The standard InChI is InChI=1S/C9H6FN3O4/c10-6-3-5(1-2-7(6)13(16)17)12-8(14)4-11-9(12)15/h1-3H,4H2,(H,11,15). The van der Waals surface area contributed by atoms with E-state index in [1.54, 1.807) is 0 Å². The maximum atomic E-state index is 13.3. The Hall–Kier alpha value is -2.51. The molecule has 1 aromatic rings. The number of hydrogen-bond acceptors (Lipinski definition) is 4. The van der Waals surface area contributed by atoms with Crippen molar-refractivity contribution in [2.75, 3.05) is 11.4 Å². The molecule has 1 aliphatic heterocycles. The van der Waals surface area contributed by atoms with Crippen molar-refractivity contribution in [3.63, 3.8) is 0 Å². The summed E-state index contributed by atoms with van der Waals surface area (Å²) in [7, 11) is 0. The highest BCUT2D eigenvalue weighted by Gasteiger charge is 2.31. The van der Waals surface area contributed by atoms with Crippen molar-refractivity contribution in [1.82, 2.24) is 5.32 Å². The van der Waals surface area contributed by atoms with Crippen LogP contribution in [-0.4, -0.2) is 23.4 Å². The van der Waals surface area contributed by atoms with E-state index in [2.05, 4.69) is 5.32 Å². The molecule has 7 nitrogen and oxygen atoms in total. The van der Waals surface area contributed by atoms with Gasteiger partial charge in [-0.3, -0.25) is 14.9 Å². The van der Waals surface area contributed by atoms with Gasteiger partial charge in [-0.25, -0.2) is 9.69 Å². The fourth-order valence-corrected chi connectivity index (χ4v) is 1.47. The van der Waals surface area contributed by atoms with Gasteiger partial charge in [-0.1, -0.05) is 0 Å². The molecule has 0 atom stereocenters. The summed E-state index contributed by atoms with van der Waals surface area (Å²) < 4.78 is 13.3. The summed E-state index contributed by atoms with van der Waals surface area (Å²) in [6.07, 6.45) is 0. The van der Waals surface area contributed by atoms with Gasteiger partial charge in [0.1, 0.15) is 0 Å². The second-order valence-electron chi connectivity index (χ2n) is 3.28. The number of nitrogens with one attached hydrogen (secondary N) is 1. The van der Waals surface area contributed by atoms with Gasteiger partial charge in [0.15, 0.2) is 0 Å². The van der Waals surface area contributed by atoms with E-state index < -0.39 is 28.4 Å². The van der Waals surface area contributed by atoms with Crippen molar-refractivity contribution in [3.05, 3.63) is 34.1 Å². The van der Waals surface area contributed by atoms with Gasteiger partial charge < -0.3 is 5.32 Å². The van der Waals surface area contributed by atoms with Gasteiger partial charge in [0.05, 0.1) is 17.2 Å². The van der Waals surface area contributed by atoms with Crippen LogP contribution in [0, 0.1) is 15.9 Å². The Morgan fingerprint density at radius 3 is 2.59 bits per heavy atom. The molecule has 8 heteroatoms. The van der Waals surface area contributed by atoms with Crippen molar-refractivity contribution in [2.24, 2.45) is 0 Å². The minimum Gasteiger partial charge on any atom is -0.328 e. The fourth-order valence-electron chi connectivity index (χ4n) is 1.47. The lowest BCUT2D eigenvalue weighted by Gasteiger charge is -2.11. The summed E-state index contributed by atoms with van der Waals surface area (Å²) in [5.74, 6) is -1.64. The van der Waals surface area contributed by atoms with Crippen LogP contribution in [0.2, 0.25) is 0 Å². The SMILES string of the molecule is O=C1CNC(=O)N1c1ccc([N+](=O)[O-])c(F)c1. The maximum absolute atomic E-state index is 13.3. The molecule has 0 bridgehead atoms. The Bertz CT molecular complexity index is 515. The lowest BCUT2D eigenvalue weighted by Crippen LogP contribution is -2.30. The molecule has 2 rings (SSSR count). The van der Waals surface area contributed by atoms with Crippen LogP contribution in [0.5, 0.6) is 0 Å². The molecule has 1 heterocycles. The first-order chi connectivity index (χ1) is 8.00. The second kappa shape index (κ2) is 3.81. The number of anilines is 1. The smallest absolute Gasteiger partial charge is 0.328 e. The zero-order valence-electron chi connectivity index (χ0n) is 8.34. The molecular formula is C9H6FN3O4. The lowest BCUT2D eigenvalue weighted by atomic mass is 10.2. The summed E-state index contributed by atoms with van der Waals surface area (Å²) in [5, 5.41) is 12.6. The van der Waals surface area contributed by atoms with Gasteiger partial charge in [-0.05, 0) is 6.07 Å². The number of halogens is 1. The normalized spacial score (nSPS) is 15.0. The first-order valence-corrected chi connectivity index (χ1v) is 4.55. The topological polar surface area (TPSA) is 92.6 Å². The Kier molecular flexibility index (Phi) is 2.47. The highest BCUT2D eigenvalue weighted by atomic mass is 19.1. The van der Waals surface area contributed by atoms with Gasteiger partial charge in [0.2, 0.25) is 5.82 Å². The summed E-state index contributed by atoms with van der Waals surface area (Å²) in [6, 6.07) is 2.15. The number of nitrogens with zero attached hydrogens (tertiary/aromatic N) is 2. The summed E-state index contributed by atoms with van der Waals surface area (Å²) in [5.41, 5.74) is -0.742. The predicted molar refractivity (Wildman–Crippen MR) is 53.9 cm³/mol. The van der Waals surface area contributed by atoms with Crippen LogP contribution in [0.3, 0.4) is 0 Å². The predicted octanol–water partition coefficient (Wildman–Crippen LogP) is 0.790. The zero-order chi connectivity index (χ0) is 12.6. The number of carbonyl (C=O) groups excluding carboxylic acids is 2. The van der Waals surface area contributed by atoms with Gasteiger partial charge in [0.25, 0.3) is 5.91 Å². The molecule has 1 N–H and O–H groups in total. The number of urea groups is 1. The summed E-state index contributed by atoms with van der Waals surface area (Å²) >= 11 is 0. The van der Waals surface area contributed by atoms with Crippen molar-refractivity contribution >= 4 is 23.3 Å². The number of nitro groups is 1. The van der Waals surface area contributed by atoms with E-state index in [4.69, 9.17) is 0 Å². The molecule has 1 aromatic carbocycles. The lowest BCUT2D eigenvalue weighted by molar-refractivity contribution is -0.387. The van der Waals surface area contributed by atoms with Crippen LogP contribution in [0.25, 0.3) is 0 Å². The van der Waals surface area contributed by atoms with Crippen LogP contribution in [0.1, 0.15) is 0 Å². The van der Waals surface area contributed by atoms with E-state index in [0.717, 1.165) is 23.1 Å². The number of rotatable bonds is 2. The number of carbonyl (C=O) groups is 2. The molecule has 3 amide bonds. The fraction of sp³-hybridized carbons (Fsp3) is 0.111. The number of nitro benzene ring substituents is 1. The maximum Gasteiger partial charge on any atom is 0.329 e. The molecule has 0 radical (unpaired) electrons. The molecule has 0 unspecified atom stereocenters. The number of benzene rings is 1. The third-order valence-electron chi connectivity index (χ3n) is 2.23. The van der Waals surface area contributed by atoms with Crippen LogP contribution < -0.4 is 10.2 Å². The first-order valence-electron chi connectivity index (χ1n) is 4.55. The molecule has 1 aliphatic rings. The molecule has 17 heavy (non-hydrogen) atoms. The average Bonchev–Trinajstić information content (AvgIpc) is 2.58. The van der Waals surface area contributed by atoms with Gasteiger partial charge >= 0.3 is 11.7 Å². The Morgan fingerprint density at radius 1 is 1.41 bits per heavy atom. The van der Waals surface area contributed by atoms with Crippen LogP contribution in [0.4, 0.5) is 20.6 Å². The van der Waals surface area contributed by atoms with Crippen LogP contribution >= 0.6 is 0 Å². The van der Waals surface area contributed by atoms with E-state index in [0.29, 0.717) is 0 Å². The van der Waals surface area contributed by atoms with E-state index in [1.807, 2.05) is 0 Å². The van der Waals surface area contributed by atoms with E-state index in [9.17, 15) is 24.1 Å². The zero-order valence-corrected chi connectivity index (χ0v) is 8.34. The van der Waals surface area contributed by atoms with Gasteiger partial charge in [0, 0.05) is 12.1 Å².